The highest BCUT2D eigenvalue weighted by molar-refractivity contribution is 5.96. The number of H-pyrrole nitrogens is 1. The molecule has 0 spiro atoms. The fraction of sp³-hybridized carbons (Fsp3) is 0.556. The molecule has 0 radical (unpaired) electrons. The van der Waals surface area contributed by atoms with E-state index < -0.39 is 0 Å². The fourth-order valence-corrected chi connectivity index (χ4v) is 1.11. The minimum absolute atomic E-state index is 0.133. The molecule has 1 heterocycles. The van der Waals surface area contributed by atoms with Gasteiger partial charge in [-0.2, -0.15) is 5.10 Å². The molecule has 0 aliphatic carbocycles. The molecule has 0 aliphatic heterocycles. The number of hydrogen-bond donors (Lipinski definition) is 2. The van der Waals surface area contributed by atoms with Crippen molar-refractivity contribution in [3.05, 3.63) is 11.9 Å². The lowest BCUT2D eigenvalue weighted by Gasteiger charge is -2.19. The standard InChI is InChI=1S/C9H17N5O/c1-13(2)4-5-14(3)9(15)8-7(10)6-11-12-8/h6H,4-5,10H2,1-3H3,(H,11,12). The van der Waals surface area contributed by atoms with Gasteiger partial charge in [-0.15, -0.1) is 0 Å². The SMILES string of the molecule is CN(C)CCN(C)C(=O)c1[nH]ncc1N. The highest BCUT2D eigenvalue weighted by Crippen LogP contribution is 2.08. The molecule has 1 amide bonds. The Bertz CT molecular complexity index is 333. The number of nitrogens with one attached hydrogen (secondary N) is 1. The highest BCUT2D eigenvalue weighted by Gasteiger charge is 2.15. The number of amides is 1. The number of carbonyl (C=O) groups is 1. The summed E-state index contributed by atoms with van der Waals surface area (Å²) in [5.74, 6) is -0.133. The van der Waals surface area contributed by atoms with Crippen LogP contribution in [0.2, 0.25) is 0 Å². The molecule has 0 saturated heterocycles. The average molecular weight is 211 g/mol. The molecule has 6 nitrogen and oxygen atoms in total. The largest absolute Gasteiger partial charge is 0.396 e. The van der Waals surface area contributed by atoms with E-state index in [0.29, 0.717) is 17.9 Å². The fourth-order valence-electron chi connectivity index (χ4n) is 1.11. The molecule has 0 bridgehead atoms. The van der Waals surface area contributed by atoms with Crippen molar-refractivity contribution in [2.24, 2.45) is 0 Å². The van der Waals surface area contributed by atoms with Crippen LogP contribution < -0.4 is 5.73 Å². The van der Waals surface area contributed by atoms with Crippen molar-refractivity contribution in [2.45, 2.75) is 0 Å². The van der Waals surface area contributed by atoms with E-state index in [-0.39, 0.29) is 5.91 Å². The molecule has 3 N–H and O–H groups in total. The Morgan fingerprint density at radius 2 is 2.13 bits per heavy atom. The summed E-state index contributed by atoms with van der Waals surface area (Å²) < 4.78 is 0. The molecule has 6 heteroatoms. The maximum Gasteiger partial charge on any atom is 0.273 e. The summed E-state index contributed by atoms with van der Waals surface area (Å²) in [4.78, 5) is 15.4. The van der Waals surface area contributed by atoms with E-state index in [0.717, 1.165) is 6.54 Å². The lowest BCUT2D eigenvalue weighted by Crippen LogP contribution is -2.34. The Morgan fingerprint density at radius 1 is 1.47 bits per heavy atom. The number of anilines is 1. The zero-order valence-corrected chi connectivity index (χ0v) is 9.32. The first-order valence-corrected chi connectivity index (χ1v) is 4.71. The second kappa shape index (κ2) is 4.79. The molecule has 0 unspecified atom stereocenters. The minimum atomic E-state index is -0.133. The van der Waals surface area contributed by atoms with Crippen molar-refractivity contribution in [3.8, 4) is 0 Å². The second-order valence-corrected chi connectivity index (χ2v) is 3.73. The van der Waals surface area contributed by atoms with Crippen molar-refractivity contribution < 1.29 is 4.79 Å². The van der Waals surface area contributed by atoms with Gasteiger partial charge in [0, 0.05) is 20.1 Å². The first-order valence-electron chi connectivity index (χ1n) is 4.71. The Labute approximate surface area is 89.0 Å². The number of aromatic nitrogens is 2. The van der Waals surface area contributed by atoms with Gasteiger partial charge in [0.15, 0.2) is 0 Å². The van der Waals surface area contributed by atoms with Crippen LogP contribution in [0.15, 0.2) is 6.20 Å². The normalized spacial score (nSPS) is 10.7. The predicted molar refractivity (Wildman–Crippen MR) is 58.5 cm³/mol. The molecule has 0 aromatic carbocycles. The molecule has 84 valence electrons. The van der Waals surface area contributed by atoms with E-state index in [2.05, 4.69) is 10.2 Å². The van der Waals surface area contributed by atoms with Crippen molar-refractivity contribution in [1.29, 1.82) is 0 Å². The van der Waals surface area contributed by atoms with E-state index in [9.17, 15) is 4.79 Å². The van der Waals surface area contributed by atoms with E-state index in [1.54, 1.807) is 11.9 Å². The molecule has 0 saturated carbocycles. The van der Waals surface area contributed by atoms with E-state index >= 15 is 0 Å². The maximum atomic E-state index is 11.8. The maximum absolute atomic E-state index is 11.8. The Balaban J connectivity index is 2.57. The summed E-state index contributed by atoms with van der Waals surface area (Å²) in [5.41, 5.74) is 6.33. The van der Waals surface area contributed by atoms with E-state index in [1.165, 1.54) is 6.20 Å². The predicted octanol–water partition coefficient (Wildman–Crippen LogP) is -0.374. The number of nitrogens with zero attached hydrogens (tertiary/aromatic N) is 3. The Morgan fingerprint density at radius 3 is 2.60 bits per heavy atom. The third kappa shape index (κ3) is 2.95. The molecule has 15 heavy (non-hydrogen) atoms. The van der Waals surface area contributed by atoms with Crippen LogP contribution in [-0.2, 0) is 0 Å². The van der Waals surface area contributed by atoms with Gasteiger partial charge in [-0.05, 0) is 14.1 Å². The van der Waals surface area contributed by atoms with Crippen LogP contribution in [0.3, 0.4) is 0 Å². The van der Waals surface area contributed by atoms with Gasteiger partial charge in [0.25, 0.3) is 5.91 Å². The molecule has 1 aromatic rings. The van der Waals surface area contributed by atoms with E-state index in [1.807, 2.05) is 19.0 Å². The number of carbonyl (C=O) groups excluding carboxylic acids is 1. The average Bonchev–Trinajstić information content (AvgIpc) is 2.59. The van der Waals surface area contributed by atoms with Gasteiger partial charge >= 0.3 is 0 Å². The van der Waals surface area contributed by atoms with Gasteiger partial charge in [0.1, 0.15) is 5.69 Å². The summed E-state index contributed by atoms with van der Waals surface area (Å²) in [6.07, 6.45) is 1.44. The quantitative estimate of drug-likeness (QED) is 0.712. The molecule has 0 aliphatic rings. The van der Waals surface area contributed by atoms with Crippen molar-refractivity contribution in [1.82, 2.24) is 20.0 Å². The minimum Gasteiger partial charge on any atom is -0.396 e. The van der Waals surface area contributed by atoms with Gasteiger partial charge in [-0.3, -0.25) is 9.89 Å². The zero-order chi connectivity index (χ0) is 11.4. The van der Waals surface area contributed by atoms with Crippen LogP contribution in [0.25, 0.3) is 0 Å². The number of likely N-dealkylation sites (N-methyl/N-ethyl adjacent to an activating group) is 2. The Kier molecular flexibility index (Phi) is 3.68. The van der Waals surface area contributed by atoms with Crippen LogP contribution in [0.4, 0.5) is 5.69 Å². The summed E-state index contributed by atoms with van der Waals surface area (Å²) >= 11 is 0. The van der Waals surface area contributed by atoms with Crippen LogP contribution in [-0.4, -0.2) is 60.1 Å². The van der Waals surface area contributed by atoms with Crippen LogP contribution in [0.1, 0.15) is 10.5 Å². The van der Waals surface area contributed by atoms with Gasteiger partial charge in [-0.25, -0.2) is 0 Å². The summed E-state index contributed by atoms with van der Waals surface area (Å²) in [5, 5.41) is 6.31. The molecule has 1 rings (SSSR count). The van der Waals surface area contributed by atoms with Gasteiger partial charge in [-0.1, -0.05) is 0 Å². The molecule has 1 aromatic heterocycles. The lowest BCUT2D eigenvalue weighted by atomic mass is 10.3. The van der Waals surface area contributed by atoms with Crippen molar-refractivity contribution in [3.63, 3.8) is 0 Å². The smallest absolute Gasteiger partial charge is 0.273 e. The molecule has 0 atom stereocenters. The zero-order valence-electron chi connectivity index (χ0n) is 9.32. The second-order valence-electron chi connectivity index (χ2n) is 3.73. The highest BCUT2D eigenvalue weighted by atomic mass is 16.2. The number of nitrogens with two attached hydrogens (primary N) is 1. The van der Waals surface area contributed by atoms with Crippen LogP contribution >= 0.6 is 0 Å². The molecular weight excluding hydrogens is 194 g/mol. The number of aromatic amines is 1. The Hall–Kier alpha value is -1.56. The number of rotatable bonds is 4. The van der Waals surface area contributed by atoms with Gasteiger partial charge in [0.05, 0.1) is 11.9 Å². The lowest BCUT2D eigenvalue weighted by molar-refractivity contribution is 0.0781. The van der Waals surface area contributed by atoms with Crippen LogP contribution in [0.5, 0.6) is 0 Å². The first-order chi connectivity index (χ1) is 7.02. The van der Waals surface area contributed by atoms with Crippen molar-refractivity contribution in [2.75, 3.05) is 40.0 Å². The summed E-state index contributed by atoms with van der Waals surface area (Å²) in [6, 6.07) is 0. The van der Waals surface area contributed by atoms with Gasteiger partial charge < -0.3 is 15.5 Å². The third-order valence-electron chi connectivity index (χ3n) is 2.11. The number of hydrogen-bond acceptors (Lipinski definition) is 4. The third-order valence-corrected chi connectivity index (χ3v) is 2.11. The molecule has 0 fully saturated rings. The summed E-state index contributed by atoms with van der Waals surface area (Å²) in [7, 11) is 5.66. The van der Waals surface area contributed by atoms with E-state index in [4.69, 9.17) is 5.73 Å². The topological polar surface area (TPSA) is 78.2 Å². The van der Waals surface area contributed by atoms with Crippen LogP contribution in [0, 0.1) is 0 Å². The first kappa shape index (κ1) is 11.5. The monoisotopic (exact) mass is 211 g/mol. The van der Waals surface area contributed by atoms with Gasteiger partial charge in [0.2, 0.25) is 0 Å². The molecular formula is C9H17N5O. The van der Waals surface area contributed by atoms with Crippen molar-refractivity contribution >= 4 is 11.6 Å². The summed E-state index contributed by atoms with van der Waals surface area (Å²) in [6.45, 7) is 1.47. The number of nitrogen functional groups attached to an aromatic ring is 1.